The number of halogens is 3. The van der Waals surface area contributed by atoms with E-state index in [1.165, 1.54) is 36.7 Å². The van der Waals surface area contributed by atoms with Crippen LogP contribution in [0, 0.1) is 11.6 Å². The van der Waals surface area contributed by atoms with Crippen LogP contribution in [-0.2, 0) is 0 Å². The van der Waals surface area contributed by atoms with Gasteiger partial charge in [-0.15, -0.1) is 0 Å². The zero-order valence-electron chi connectivity index (χ0n) is 14.4. The van der Waals surface area contributed by atoms with Gasteiger partial charge in [0, 0.05) is 45.9 Å². The Bertz CT molecular complexity index is 1020. The molecule has 0 spiro atoms. The van der Waals surface area contributed by atoms with Gasteiger partial charge in [-0.25, -0.2) is 8.78 Å². The maximum Gasteiger partial charge on any atom is 0.194 e. The molecule has 0 fully saturated rings. The van der Waals surface area contributed by atoms with Gasteiger partial charge in [0.1, 0.15) is 17.7 Å². The molecule has 0 saturated heterocycles. The first-order chi connectivity index (χ1) is 13.4. The van der Waals surface area contributed by atoms with Gasteiger partial charge >= 0.3 is 0 Å². The van der Waals surface area contributed by atoms with Crippen LogP contribution in [0.3, 0.4) is 0 Å². The second kappa shape index (κ2) is 8.29. The van der Waals surface area contributed by atoms with E-state index >= 15 is 0 Å². The molecule has 3 rings (SSSR count). The van der Waals surface area contributed by atoms with E-state index in [-0.39, 0.29) is 22.4 Å². The number of nitrogens with two attached hydrogens (primary N) is 1. The molecule has 0 saturated carbocycles. The van der Waals surface area contributed by atoms with Crippen LogP contribution in [0.25, 0.3) is 5.70 Å². The van der Waals surface area contributed by atoms with Gasteiger partial charge in [-0.2, -0.15) is 0 Å². The second-order valence-electron chi connectivity index (χ2n) is 6.01. The molecule has 0 aliphatic heterocycles. The number of carbonyl (C=O) groups is 1. The van der Waals surface area contributed by atoms with E-state index in [1.54, 1.807) is 12.1 Å². The first-order valence-corrected chi connectivity index (χ1v) is 8.59. The van der Waals surface area contributed by atoms with E-state index in [0.29, 0.717) is 16.7 Å². The van der Waals surface area contributed by atoms with E-state index in [0.717, 1.165) is 12.1 Å². The number of aliphatic hydroxyl groups excluding tert-OH is 1. The molecule has 0 radical (unpaired) electrons. The fraction of sp³-hybridized carbons (Fsp3) is 0.0476. The molecule has 0 aliphatic rings. The molecule has 1 atom stereocenters. The number of benzene rings is 2. The predicted molar refractivity (Wildman–Crippen MR) is 102 cm³/mol. The summed E-state index contributed by atoms with van der Waals surface area (Å²) in [5.74, 6) is -2.31. The highest BCUT2D eigenvalue weighted by Crippen LogP contribution is 2.30. The summed E-state index contributed by atoms with van der Waals surface area (Å²) in [6.45, 7) is 0. The number of hydrogen-bond donors (Lipinski definition) is 2. The fourth-order valence-electron chi connectivity index (χ4n) is 2.72. The van der Waals surface area contributed by atoms with Crippen molar-refractivity contribution in [3.8, 4) is 0 Å². The Morgan fingerprint density at radius 3 is 2.25 bits per heavy atom. The lowest BCUT2D eigenvalue weighted by Crippen LogP contribution is -2.18. The van der Waals surface area contributed by atoms with Crippen LogP contribution in [0.15, 0.2) is 72.6 Å². The fourth-order valence-corrected chi connectivity index (χ4v) is 2.85. The van der Waals surface area contributed by atoms with Crippen LogP contribution < -0.4 is 5.73 Å². The van der Waals surface area contributed by atoms with E-state index in [9.17, 15) is 18.7 Å². The van der Waals surface area contributed by atoms with Crippen molar-refractivity contribution in [1.82, 2.24) is 4.98 Å². The molecule has 2 aromatic carbocycles. The van der Waals surface area contributed by atoms with E-state index < -0.39 is 23.5 Å². The van der Waals surface area contributed by atoms with Crippen LogP contribution in [0.1, 0.15) is 27.6 Å². The lowest BCUT2D eigenvalue weighted by atomic mass is 9.91. The Hall–Kier alpha value is -3.09. The molecule has 142 valence electrons. The summed E-state index contributed by atoms with van der Waals surface area (Å²) in [4.78, 5) is 17.0. The topological polar surface area (TPSA) is 76.2 Å². The largest absolute Gasteiger partial charge is 0.398 e. The number of hydrogen-bond acceptors (Lipinski definition) is 4. The molecule has 1 heterocycles. The highest BCUT2D eigenvalue weighted by Gasteiger charge is 2.26. The average molecular weight is 401 g/mol. The van der Waals surface area contributed by atoms with Crippen molar-refractivity contribution < 1.29 is 18.7 Å². The minimum atomic E-state index is -1.46. The normalized spacial score (nSPS) is 13.0. The third-order valence-electron chi connectivity index (χ3n) is 4.09. The summed E-state index contributed by atoms with van der Waals surface area (Å²) in [5.41, 5.74) is 6.10. The SMILES string of the molecule is NC(=C(C(=O)c1ccc(Cl)cc1)C(O)c1cccnc1)c1cc(F)cc(F)c1. The van der Waals surface area contributed by atoms with Gasteiger partial charge in [0.15, 0.2) is 5.78 Å². The van der Waals surface area contributed by atoms with Gasteiger partial charge in [0.05, 0.1) is 5.57 Å². The number of Topliss-reactive ketones (excluding diaryl/α,β-unsaturated/α-hetero) is 1. The Kier molecular flexibility index (Phi) is 5.82. The van der Waals surface area contributed by atoms with Crippen LogP contribution >= 0.6 is 11.6 Å². The monoisotopic (exact) mass is 400 g/mol. The maximum absolute atomic E-state index is 13.7. The third-order valence-corrected chi connectivity index (χ3v) is 4.34. The molecule has 1 aromatic heterocycles. The number of pyridine rings is 1. The summed E-state index contributed by atoms with van der Waals surface area (Å²) in [7, 11) is 0. The zero-order valence-corrected chi connectivity index (χ0v) is 15.2. The van der Waals surface area contributed by atoms with Gasteiger partial charge in [-0.1, -0.05) is 17.7 Å². The van der Waals surface area contributed by atoms with Crippen LogP contribution in [0.2, 0.25) is 5.02 Å². The van der Waals surface area contributed by atoms with Crippen LogP contribution in [0.4, 0.5) is 8.78 Å². The summed E-state index contributed by atoms with van der Waals surface area (Å²) < 4.78 is 27.3. The molecule has 0 aliphatic carbocycles. The van der Waals surface area contributed by atoms with Crippen molar-refractivity contribution in [3.63, 3.8) is 0 Å². The number of ketones is 1. The Morgan fingerprint density at radius 2 is 1.68 bits per heavy atom. The molecule has 3 N–H and O–H groups in total. The van der Waals surface area contributed by atoms with Crippen LogP contribution in [0.5, 0.6) is 0 Å². The molecule has 28 heavy (non-hydrogen) atoms. The van der Waals surface area contributed by atoms with Gasteiger partial charge in [-0.3, -0.25) is 9.78 Å². The molecular weight excluding hydrogens is 386 g/mol. The Labute approximate surface area is 164 Å². The van der Waals surface area contributed by atoms with Gasteiger partial charge in [0.2, 0.25) is 0 Å². The van der Waals surface area contributed by atoms with Crippen molar-refractivity contribution in [2.75, 3.05) is 0 Å². The molecule has 0 bridgehead atoms. The van der Waals surface area contributed by atoms with E-state index in [2.05, 4.69) is 4.98 Å². The molecule has 0 amide bonds. The molecular formula is C21H15ClF2N2O2. The van der Waals surface area contributed by atoms with Gasteiger partial charge in [-0.05, 0) is 42.5 Å². The molecule has 4 nitrogen and oxygen atoms in total. The molecule has 7 heteroatoms. The summed E-state index contributed by atoms with van der Waals surface area (Å²) in [5, 5.41) is 11.3. The maximum atomic E-state index is 13.7. The minimum absolute atomic E-state index is 0.0576. The quantitative estimate of drug-likeness (QED) is 0.494. The summed E-state index contributed by atoms with van der Waals surface area (Å²) >= 11 is 5.86. The number of aliphatic hydroxyl groups is 1. The second-order valence-corrected chi connectivity index (χ2v) is 6.45. The lowest BCUT2D eigenvalue weighted by Gasteiger charge is -2.18. The van der Waals surface area contributed by atoms with Gasteiger partial charge < -0.3 is 10.8 Å². The summed E-state index contributed by atoms with van der Waals surface area (Å²) in [6.07, 6.45) is 1.42. The van der Waals surface area contributed by atoms with Crippen molar-refractivity contribution in [3.05, 3.63) is 106 Å². The van der Waals surface area contributed by atoms with Gasteiger partial charge in [0.25, 0.3) is 0 Å². The number of rotatable bonds is 5. The Morgan fingerprint density at radius 1 is 1.04 bits per heavy atom. The van der Waals surface area contributed by atoms with Crippen LogP contribution in [-0.4, -0.2) is 15.9 Å². The smallest absolute Gasteiger partial charge is 0.194 e. The minimum Gasteiger partial charge on any atom is -0.398 e. The lowest BCUT2D eigenvalue weighted by molar-refractivity contribution is 0.0988. The predicted octanol–water partition coefficient (Wildman–Crippen LogP) is 4.30. The van der Waals surface area contributed by atoms with E-state index in [4.69, 9.17) is 17.3 Å². The molecule has 1 unspecified atom stereocenters. The van der Waals surface area contributed by atoms with E-state index in [1.807, 2.05) is 0 Å². The highest BCUT2D eigenvalue weighted by atomic mass is 35.5. The first-order valence-electron chi connectivity index (χ1n) is 8.21. The van der Waals surface area contributed by atoms with Crippen molar-refractivity contribution in [1.29, 1.82) is 0 Å². The molecule has 3 aromatic rings. The Balaban J connectivity index is 2.18. The number of carbonyl (C=O) groups excluding carboxylic acids is 1. The third kappa shape index (κ3) is 4.24. The highest BCUT2D eigenvalue weighted by molar-refractivity contribution is 6.30. The van der Waals surface area contributed by atoms with Crippen molar-refractivity contribution in [2.24, 2.45) is 5.73 Å². The number of nitrogens with zero attached hydrogens (tertiary/aromatic N) is 1. The van der Waals surface area contributed by atoms with Crippen molar-refractivity contribution >= 4 is 23.1 Å². The first kappa shape index (κ1) is 19.7. The summed E-state index contributed by atoms with van der Waals surface area (Å²) in [6, 6.07) is 11.8. The van der Waals surface area contributed by atoms with Crippen molar-refractivity contribution in [2.45, 2.75) is 6.10 Å². The number of aromatic nitrogens is 1. The standard InChI is InChI=1S/C21H15ClF2N2O2/c22-15-5-3-12(4-6-15)20(27)18(21(28)13-2-1-7-26-11-13)19(25)14-8-16(23)10-17(24)9-14/h1-11,21,28H,25H2. The average Bonchev–Trinajstić information content (AvgIpc) is 2.68. The zero-order chi connectivity index (χ0) is 20.3.